The van der Waals surface area contributed by atoms with E-state index < -0.39 is 5.41 Å². The van der Waals surface area contributed by atoms with Gasteiger partial charge in [0.25, 0.3) is 0 Å². The highest BCUT2D eigenvalue weighted by molar-refractivity contribution is 5.92. The smallest absolute Gasteiger partial charge is 0.321 e. The number of ether oxygens (including phenoxy) is 1. The molecule has 2 aromatic rings. The SMILES string of the molecule is CCOc1ccccc1NC(=O)N1CCC[C@](C)(C(=O)NCc2ccc(F)cc2)C1. The van der Waals surface area contributed by atoms with Crippen LogP contribution in [0, 0.1) is 11.2 Å². The molecule has 0 unspecified atom stereocenters. The Morgan fingerprint density at radius 2 is 1.90 bits per heavy atom. The molecule has 7 heteroatoms. The summed E-state index contributed by atoms with van der Waals surface area (Å²) in [6.07, 6.45) is 1.43. The van der Waals surface area contributed by atoms with E-state index in [0.717, 1.165) is 12.0 Å². The van der Waals surface area contributed by atoms with E-state index in [1.54, 1.807) is 23.1 Å². The van der Waals surface area contributed by atoms with E-state index in [0.29, 0.717) is 44.1 Å². The lowest BCUT2D eigenvalue weighted by Gasteiger charge is -2.39. The standard InChI is InChI=1S/C23H28FN3O3/c1-3-30-20-8-5-4-7-19(20)26-22(29)27-14-6-13-23(2,16-27)21(28)25-15-17-9-11-18(24)12-10-17/h4-5,7-12H,3,6,13-16H2,1-2H3,(H,25,28)(H,26,29)/t23-/m0/s1. The number of nitrogens with one attached hydrogen (secondary N) is 2. The number of nitrogens with zero attached hydrogens (tertiary/aromatic N) is 1. The van der Waals surface area contributed by atoms with E-state index in [2.05, 4.69) is 10.6 Å². The second kappa shape index (κ2) is 9.61. The number of hydrogen-bond acceptors (Lipinski definition) is 3. The average Bonchev–Trinajstić information content (AvgIpc) is 2.74. The number of likely N-dealkylation sites (tertiary alicyclic amines) is 1. The molecule has 1 aliphatic heterocycles. The minimum absolute atomic E-state index is 0.112. The summed E-state index contributed by atoms with van der Waals surface area (Å²) in [6.45, 7) is 5.50. The minimum atomic E-state index is -0.685. The fourth-order valence-corrected chi connectivity index (χ4v) is 3.64. The molecule has 0 bridgehead atoms. The van der Waals surface area contributed by atoms with Gasteiger partial charge >= 0.3 is 6.03 Å². The van der Waals surface area contributed by atoms with Gasteiger partial charge in [0.05, 0.1) is 17.7 Å². The zero-order valence-electron chi connectivity index (χ0n) is 17.4. The summed E-state index contributed by atoms with van der Waals surface area (Å²) in [7, 11) is 0. The molecule has 1 heterocycles. The van der Waals surface area contributed by atoms with Crippen LogP contribution in [0.25, 0.3) is 0 Å². The molecule has 0 saturated carbocycles. The van der Waals surface area contributed by atoms with Crippen molar-refractivity contribution in [1.29, 1.82) is 0 Å². The third-order valence-electron chi connectivity index (χ3n) is 5.33. The second-order valence-electron chi connectivity index (χ2n) is 7.75. The highest BCUT2D eigenvalue weighted by Gasteiger charge is 2.39. The number of anilines is 1. The number of urea groups is 1. The molecular formula is C23H28FN3O3. The first kappa shape index (κ1) is 21.6. The summed E-state index contributed by atoms with van der Waals surface area (Å²) >= 11 is 0. The Hall–Kier alpha value is -3.09. The molecule has 2 aromatic carbocycles. The summed E-state index contributed by atoms with van der Waals surface area (Å²) < 4.78 is 18.6. The van der Waals surface area contributed by atoms with Crippen molar-refractivity contribution in [2.75, 3.05) is 25.0 Å². The Kier molecular flexibility index (Phi) is 6.92. The van der Waals surface area contributed by atoms with Crippen molar-refractivity contribution >= 4 is 17.6 Å². The van der Waals surface area contributed by atoms with Gasteiger partial charge in [-0.25, -0.2) is 9.18 Å². The minimum Gasteiger partial charge on any atom is -0.492 e. The Morgan fingerprint density at radius 1 is 1.17 bits per heavy atom. The lowest BCUT2D eigenvalue weighted by molar-refractivity contribution is -0.132. The van der Waals surface area contributed by atoms with E-state index in [4.69, 9.17) is 4.74 Å². The molecule has 1 fully saturated rings. The molecule has 3 amide bonds. The number of carbonyl (C=O) groups excluding carboxylic acids is 2. The molecule has 2 N–H and O–H groups in total. The Bertz CT molecular complexity index is 888. The summed E-state index contributed by atoms with van der Waals surface area (Å²) in [4.78, 5) is 27.4. The first-order valence-corrected chi connectivity index (χ1v) is 10.2. The normalized spacial score (nSPS) is 18.6. The zero-order chi connectivity index (χ0) is 21.6. The first-order valence-electron chi connectivity index (χ1n) is 10.2. The maximum absolute atomic E-state index is 13.0. The predicted molar refractivity (Wildman–Crippen MR) is 114 cm³/mol. The number of hydrogen-bond donors (Lipinski definition) is 2. The van der Waals surface area contributed by atoms with E-state index in [-0.39, 0.29) is 17.8 Å². The van der Waals surface area contributed by atoms with Crippen LogP contribution in [-0.4, -0.2) is 36.5 Å². The third-order valence-corrected chi connectivity index (χ3v) is 5.33. The van der Waals surface area contributed by atoms with Crippen molar-refractivity contribution in [2.45, 2.75) is 33.2 Å². The van der Waals surface area contributed by atoms with Gasteiger partial charge in [-0.3, -0.25) is 4.79 Å². The zero-order valence-corrected chi connectivity index (χ0v) is 17.4. The summed E-state index contributed by atoms with van der Waals surface area (Å²) in [5, 5.41) is 5.82. The predicted octanol–water partition coefficient (Wildman–Crippen LogP) is 4.17. The number of rotatable bonds is 6. The van der Waals surface area contributed by atoms with Crippen LogP contribution in [0.4, 0.5) is 14.9 Å². The number of para-hydroxylation sites is 2. The van der Waals surface area contributed by atoms with E-state index in [1.165, 1.54) is 12.1 Å². The fraction of sp³-hybridized carbons (Fsp3) is 0.391. The largest absolute Gasteiger partial charge is 0.492 e. The molecule has 1 aliphatic rings. The number of piperidine rings is 1. The maximum Gasteiger partial charge on any atom is 0.321 e. The Balaban J connectivity index is 1.61. The average molecular weight is 413 g/mol. The molecule has 3 rings (SSSR count). The molecule has 0 aromatic heterocycles. The van der Waals surface area contributed by atoms with E-state index >= 15 is 0 Å². The van der Waals surface area contributed by atoms with Crippen molar-refractivity contribution in [3.05, 3.63) is 59.9 Å². The van der Waals surface area contributed by atoms with Crippen LogP contribution in [0.1, 0.15) is 32.3 Å². The van der Waals surface area contributed by atoms with Crippen molar-refractivity contribution in [1.82, 2.24) is 10.2 Å². The topological polar surface area (TPSA) is 70.7 Å². The van der Waals surface area contributed by atoms with E-state index in [9.17, 15) is 14.0 Å². The van der Waals surface area contributed by atoms with Gasteiger partial charge < -0.3 is 20.3 Å². The second-order valence-corrected chi connectivity index (χ2v) is 7.75. The van der Waals surface area contributed by atoms with Gasteiger partial charge in [-0.15, -0.1) is 0 Å². The highest BCUT2D eigenvalue weighted by atomic mass is 19.1. The van der Waals surface area contributed by atoms with Crippen molar-refractivity contribution in [3.63, 3.8) is 0 Å². The van der Waals surface area contributed by atoms with Gasteiger partial charge in [-0.2, -0.15) is 0 Å². The van der Waals surface area contributed by atoms with Gasteiger partial charge in [-0.1, -0.05) is 24.3 Å². The molecule has 30 heavy (non-hydrogen) atoms. The van der Waals surface area contributed by atoms with Crippen LogP contribution < -0.4 is 15.4 Å². The van der Waals surface area contributed by atoms with Crippen molar-refractivity contribution in [3.8, 4) is 5.75 Å². The number of carbonyl (C=O) groups is 2. The van der Waals surface area contributed by atoms with Crippen LogP contribution in [0.15, 0.2) is 48.5 Å². The van der Waals surface area contributed by atoms with Crippen LogP contribution in [-0.2, 0) is 11.3 Å². The van der Waals surface area contributed by atoms with Crippen LogP contribution in [0.2, 0.25) is 0 Å². The highest BCUT2D eigenvalue weighted by Crippen LogP contribution is 2.31. The molecule has 1 saturated heterocycles. The summed E-state index contributed by atoms with van der Waals surface area (Å²) in [5.74, 6) is 0.195. The lowest BCUT2D eigenvalue weighted by atomic mass is 9.81. The molecule has 1 atom stereocenters. The summed E-state index contributed by atoms with van der Waals surface area (Å²) in [5.41, 5.74) is 0.749. The number of benzene rings is 2. The lowest BCUT2D eigenvalue weighted by Crippen LogP contribution is -2.52. The maximum atomic E-state index is 13.0. The van der Waals surface area contributed by atoms with Crippen LogP contribution in [0.5, 0.6) is 5.75 Å². The fourth-order valence-electron chi connectivity index (χ4n) is 3.64. The van der Waals surface area contributed by atoms with Gasteiger partial charge in [0.15, 0.2) is 0 Å². The number of halogens is 1. The van der Waals surface area contributed by atoms with Gasteiger partial charge in [0.2, 0.25) is 5.91 Å². The third kappa shape index (κ3) is 5.28. The molecule has 0 spiro atoms. The van der Waals surface area contributed by atoms with Gasteiger partial charge in [0.1, 0.15) is 11.6 Å². The Labute approximate surface area is 176 Å². The molecular weight excluding hydrogens is 385 g/mol. The molecule has 160 valence electrons. The molecule has 0 aliphatic carbocycles. The number of amides is 3. The van der Waals surface area contributed by atoms with Gasteiger partial charge in [-0.05, 0) is 56.5 Å². The summed E-state index contributed by atoms with van der Waals surface area (Å²) in [6, 6.07) is 13.1. The van der Waals surface area contributed by atoms with Crippen molar-refractivity contribution in [2.24, 2.45) is 5.41 Å². The van der Waals surface area contributed by atoms with Gasteiger partial charge in [0, 0.05) is 19.6 Å². The molecule has 0 radical (unpaired) electrons. The van der Waals surface area contributed by atoms with Crippen LogP contribution >= 0.6 is 0 Å². The Morgan fingerprint density at radius 3 is 2.63 bits per heavy atom. The van der Waals surface area contributed by atoms with Crippen LogP contribution in [0.3, 0.4) is 0 Å². The van der Waals surface area contributed by atoms with E-state index in [1.807, 2.05) is 32.0 Å². The monoisotopic (exact) mass is 413 g/mol. The molecule has 6 nitrogen and oxygen atoms in total. The quantitative estimate of drug-likeness (QED) is 0.747. The first-order chi connectivity index (χ1) is 14.4. The van der Waals surface area contributed by atoms with Crippen molar-refractivity contribution < 1.29 is 18.7 Å².